The Morgan fingerprint density at radius 1 is 1.50 bits per heavy atom. The summed E-state index contributed by atoms with van der Waals surface area (Å²) < 4.78 is 1.03. The third-order valence-corrected chi connectivity index (χ3v) is 4.60. The molecule has 1 aliphatic rings. The van der Waals surface area contributed by atoms with Gasteiger partial charge in [0.2, 0.25) is 0 Å². The van der Waals surface area contributed by atoms with Crippen molar-refractivity contribution < 1.29 is 4.79 Å². The zero-order chi connectivity index (χ0) is 13.3. The Bertz CT molecular complexity index is 461. The van der Waals surface area contributed by atoms with E-state index >= 15 is 0 Å². The second-order valence-electron chi connectivity index (χ2n) is 5.14. The molecule has 1 amide bonds. The molecule has 1 heterocycles. The zero-order valence-corrected chi connectivity index (χ0v) is 12.4. The van der Waals surface area contributed by atoms with Crippen LogP contribution in [0.15, 0.2) is 22.7 Å². The molecule has 98 valence electrons. The van der Waals surface area contributed by atoms with Gasteiger partial charge in [-0.1, -0.05) is 22.9 Å². The van der Waals surface area contributed by atoms with E-state index in [9.17, 15) is 4.79 Å². The molecule has 0 spiro atoms. The van der Waals surface area contributed by atoms with Gasteiger partial charge in [0.25, 0.3) is 5.91 Å². The maximum atomic E-state index is 12.4. The van der Waals surface area contributed by atoms with Gasteiger partial charge in [0, 0.05) is 29.2 Å². The topological polar surface area (TPSA) is 46.3 Å². The molecule has 1 saturated heterocycles. The minimum Gasteiger partial charge on any atom is -0.337 e. The molecule has 0 saturated carbocycles. The predicted octanol–water partition coefficient (Wildman–Crippen LogP) is 2.57. The number of benzene rings is 1. The quantitative estimate of drug-likeness (QED) is 0.866. The number of nitrogens with two attached hydrogens (primary N) is 1. The number of piperidine rings is 1. The number of aryl methyl sites for hydroxylation is 1. The number of hydrogen-bond donors (Lipinski definition) is 1. The fourth-order valence-electron chi connectivity index (χ4n) is 2.24. The van der Waals surface area contributed by atoms with Crippen molar-refractivity contribution in [3.05, 3.63) is 33.8 Å². The van der Waals surface area contributed by atoms with E-state index in [4.69, 9.17) is 5.73 Å². The van der Waals surface area contributed by atoms with Crippen LogP contribution >= 0.6 is 15.9 Å². The largest absolute Gasteiger partial charge is 0.337 e. The second-order valence-corrected chi connectivity index (χ2v) is 6.00. The number of carbonyl (C=O) groups excluding carboxylic acids is 1. The van der Waals surface area contributed by atoms with Gasteiger partial charge in [0.1, 0.15) is 0 Å². The normalized spacial score (nSPS) is 24.1. The summed E-state index contributed by atoms with van der Waals surface area (Å²) in [6.07, 6.45) is 0.989. The Hall–Kier alpha value is -0.870. The van der Waals surface area contributed by atoms with Crippen LogP contribution in [0.4, 0.5) is 0 Å². The summed E-state index contributed by atoms with van der Waals surface area (Å²) in [7, 11) is 0. The smallest absolute Gasteiger partial charge is 0.253 e. The minimum atomic E-state index is 0.0907. The summed E-state index contributed by atoms with van der Waals surface area (Å²) in [5.74, 6) is 0.591. The lowest BCUT2D eigenvalue weighted by Gasteiger charge is -2.35. The highest BCUT2D eigenvalue weighted by atomic mass is 79.9. The molecule has 1 aromatic rings. The number of halogens is 1. The number of nitrogens with zero attached hydrogens (tertiary/aromatic N) is 1. The van der Waals surface area contributed by atoms with Crippen LogP contribution < -0.4 is 5.73 Å². The van der Waals surface area contributed by atoms with E-state index in [-0.39, 0.29) is 11.9 Å². The predicted molar refractivity (Wildman–Crippen MR) is 76.5 cm³/mol. The summed E-state index contributed by atoms with van der Waals surface area (Å²) in [6.45, 7) is 5.61. The van der Waals surface area contributed by atoms with Crippen molar-refractivity contribution in [1.82, 2.24) is 4.90 Å². The highest BCUT2D eigenvalue weighted by Crippen LogP contribution is 2.21. The first kappa shape index (κ1) is 13.6. The molecule has 1 fully saturated rings. The van der Waals surface area contributed by atoms with Gasteiger partial charge in [-0.2, -0.15) is 0 Å². The molecule has 1 aliphatic heterocycles. The number of hydrogen-bond acceptors (Lipinski definition) is 2. The van der Waals surface area contributed by atoms with Crippen LogP contribution in [0.3, 0.4) is 0 Å². The van der Waals surface area contributed by atoms with E-state index in [0.29, 0.717) is 12.5 Å². The van der Waals surface area contributed by atoms with E-state index in [1.807, 2.05) is 30.0 Å². The molecule has 1 aromatic carbocycles. The second kappa shape index (κ2) is 5.41. The number of likely N-dealkylation sites (tertiary alicyclic amines) is 1. The molecule has 0 radical (unpaired) electrons. The SMILES string of the molecule is Cc1cc(C(=O)N2CCC(C)C(N)C2)ccc1Br. The molecular weight excluding hydrogens is 292 g/mol. The molecular formula is C14H19BrN2O. The van der Waals surface area contributed by atoms with E-state index in [0.717, 1.165) is 28.6 Å². The summed E-state index contributed by atoms with van der Waals surface area (Å²) in [5.41, 5.74) is 7.86. The fraction of sp³-hybridized carbons (Fsp3) is 0.500. The Morgan fingerprint density at radius 2 is 2.22 bits per heavy atom. The number of rotatable bonds is 1. The lowest BCUT2D eigenvalue weighted by atomic mass is 9.94. The number of carbonyl (C=O) groups is 1. The Balaban J connectivity index is 2.14. The molecule has 2 unspecified atom stereocenters. The zero-order valence-electron chi connectivity index (χ0n) is 10.8. The van der Waals surface area contributed by atoms with Gasteiger partial charge in [0.15, 0.2) is 0 Å². The minimum absolute atomic E-state index is 0.0907. The molecule has 3 nitrogen and oxygen atoms in total. The highest BCUT2D eigenvalue weighted by molar-refractivity contribution is 9.10. The van der Waals surface area contributed by atoms with Gasteiger partial charge < -0.3 is 10.6 Å². The molecule has 0 bridgehead atoms. The number of amides is 1. The van der Waals surface area contributed by atoms with Crippen molar-refractivity contribution in [3.63, 3.8) is 0 Å². The van der Waals surface area contributed by atoms with Crippen LogP contribution in [-0.2, 0) is 0 Å². The van der Waals surface area contributed by atoms with Gasteiger partial charge >= 0.3 is 0 Å². The monoisotopic (exact) mass is 310 g/mol. The fourth-order valence-corrected chi connectivity index (χ4v) is 2.49. The first-order valence-electron chi connectivity index (χ1n) is 6.30. The van der Waals surface area contributed by atoms with Gasteiger partial charge in [-0.15, -0.1) is 0 Å². The van der Waals surface area contributed by atoms with Crippen molar-refractivity contribution in [3.8, 4) is 0 Å². The third kappa shape index (κ3) is 2.75. The van der Waals surface area contributed by atoms with E-state index in [1.165, 1.54) is 0 Å². The van der Waals surface area contributed by atoms with E-state index in [2.05, 4.69) is 22.9 Å². The first-order valence-corrected chi connectivity index (χ1v) is 7.09. The third-order valence-electron chi connectivity index (χ3n) is 3.71. The van der Waals surface area contributed by atoms with Crippen LogP contribution in [0.25, 0.3) is 0 Å². The van der Waals surface area contributed by atoms with Crippen molar-refractivity contribution in [2.75, 3.05) is 13.1 Å². The molecule has 2 N–H and O–H groups in total. The average molecular weight is 311 g/mol. The molecule has 2 atom stereocenters. The maximum absolute atomic E-state index is 12.4. The van der Waals surface area contributed by atoms with Crippen LogP contribution in [0.5, 0.6) is 0 Å². The summed E-state index contributed by atoms with van der Waals surface area (Å²) >= 11 is 3.45. The van der Waals surface area contributed by atoms with Crippen LogP contribution in [-0.4, -0.2) is 29.9 Å². The first-order chi connectivity index (χ1) is 8.49. The lowest BCUT2D eigenvalue weighted by molar-refractivity contribution is 0.0672. The maximum Gasteiger partial charge on any atom is 0.253 e. The van der Waals surface area contributed by atoms with E-state index < -0.39 is 0 Å². The van der Waals surface area contributed by atoms with Crippen molar-refractivity contribution in [2.45, 2.75) is 26.3 Å². The molecule has 2 rings (SSSR count). The lowest BCUT2D eigenvalue weighted by Crippen LogP contribution is -2.49. The molecule has 18 heavy (non-hydrogen) atoms. The summed E-state index contributed by atoms with van der Waals surface area (Å²) in [6, 6.07) is 5.81. The van der Waals surface area contributed by atoms with Gasteiger partial charge in [-0.05, 0) is 43.0 Å². The van der Waals surface area contributed by atoms with Crippen LogP contribution in [0, 0.1) is 12.8 Å². The molecule has 4 heteroatoms. The van der Waals surface area contributed by atoms with Crippen molar-refractivity contribution >= 4 is 21.8 Å². The summed E-state index contributed by atoms with van der Waals surface area (Å²) in [5, 5.41) is 0. The van der Waals surface area contributed by atoms with Crippen molar-refractivity contribution in [1.29, 1.82) is 0 Å². The van der Waals surface area contributed by atoms with Crippen molar-refractivity contribution in [2.24, 2.45) is 11.7 Å². The molecule has 0 aliphatic carbocycles. The molecule has 0 aromatic heterocycles. The Labute approximate surface area is 116 Å². The van der Waals surface area contributed by atoms with Gasteiger partial charge in [-0.3, -0.25) is 4.79 Å². The highest BCUT2D eigenvalue weighted by Gasteiger charge is 2.26. The van der Waals surface area contributed by atoms with Crippen LogP contribution in [0.1, 0.15) is 29.3 Å². The standard InChI is InChI=1S/C14H19BrN2O/c1-9-5-6-17(8-13(9)16)14(18)11-3-4-12(15)10(2)7-11/h3-4,7,9,13H,5-6,8,16H2,1-2H3. The average Bonchev–Trinajstić information content (AvgIpc) is 2.35. The Kier molecular flexibility index (Phi) is 4.07. The van der Waals surface area contributed by atoms with E-state index in [1.54, 1.807) is 0 Å². The summed E-state index contributed by atoms with van der Waals surface area (Å²) in [4.78, 5) is 14.2. The van der Waals surface area contributed by atoms with Crippen LogP contribution in [0.2, 0.25) is 0 Å². The Morgan fingerprint density at radius 3 is 2.83 bits per heavy atom. The van der Waals surface area contributed by atoms with Gasteiger partial charge in [0.05, 0.1) is 0 Å². The van der Waals surface area contributed by atoms with Gasteiger partial charge in [-0.25, -0.2) is 0 Å².